The lowest BCUT2D eigenvalue weighted by Crippen LogP contribution is -2.21. The Morgan fingerprint density at radius 2 is 1.71 bits per heavy atom. The van der Waals surface area contributed by atoms with E-state index in [-0.39, 0.29) is 11.8 Å². The summed E-state index contributed by atoms with van der Waals surface area (Å²) in [6.45, 7) is 2.00. The number of allylic oxidation sites excluding steroid dienone is 3. The van der Waals surface area contributed by atoms with Crippen LogP contribution in [0.25, 0.3) is 0 Å². The van der Waals surface area contributed by atoms with Crippen molar-refractivity contribution >= 4 is 0 Å². The Bertz CT molecular complexity index is 725. The quantitative estimate of drug-likeness (QED) is 0.900. The summed E-state index contributed by atoms with van der Waals surface area (Å²) in [5, 5.41) is 19.0. The molecule has 1 aliphatic heterocycles. The molecule has 2 aliphatic rings. The first kappa shape index (κ1) is 13.3. The Morgan fingerprint density at radius 3 is 2.24 bits per heavy atom. The number of ether oxygens (including phenoxy) is 1. The van der Waals surface area contributed by atoms with Crippen LogP contribution in [0.3, 0.4) is 0 Å². The third-order valence-electron chi connectivity index (χ3n) is 3.93. The molecule has 1 heterocycles. The van der Waals surface area contributed by atoms with E-state index in [9.17, 15) is 10.5 Å². The number of benzene rings is 1. The monoisotopic (exact) mass is 277 g/mol. The molecule has 1 aliphatic carbocycles. The number of nitrogens with zero attached hydrogens (tertiary/aromatic N) is 2. The molecule has 4 heteroatoms. The molecule has 21 heavy (non-hydrogen) atoms. The van der Waals surface area contributed by atoms with E-state index in [0.29, 0.717) is 16.9 Å². The predicted octanol–water partition coefficient (Wildman–Crippen LogP) is 2.99. The van der Waals surface area contributed by atoms with Gasteiger partial charge in [0.2, 0.25) is 5.88 Å². The molecule has 0 unspecified atom stereocenters. The molecular weight excluding hydrogens is 262 g/mol. The first-order valence-corrected chi connectivity index (χ1v) is 6.94. The van der Waals surface area contributed by atoms with Gasteiger partial charge < -0.3 is 10.5 Å². The predicted molar refractivity (Wildman–Crippen MR) is 77.2 cm³/mol. The van der Waals surface area contributed by atoms with Gasteiger partial charge in [-0.05, 0) is 25.3 Å². The summed E-state index contributed by atoms with van der Waals surface area (Å²) in [5.74, 6) is 0.639. The summed E-state index contributed by atoms with van der Waals surface area (Å²) in [5.41, 5.74) is 8.78. The molecule has 1 aromatic rings. The van der Waals surface area contributed by atoms with Gasteiger partial charge in [0.1, 0.15) is 17.4 Å². The highest BCUT2D eigenvalue weighted by Crippen LogP contribution is 2.47. The Morgan fingerprint density at radius 1 is 1.10 bits per heavy atom. The van der Waals surface area contributed by atoms with Gasteiger partial charge in [-0.3, -0.25) is 0 Å². The second kappa shape index (κ2) is 5.00. The first-order valence-electron chi connectivity index (χ1n) is 6.94. The lowest BCUT2D eigenvalue weighted by Gasteiger charge is -2.26. The maximum absolute atomic E-state index is 9.56. The third kappa shape index (κ3) is 2.26. The number of hydrogen-bond acceptors (Lipinski definition) is 4. The fourth-order valence-corrected chi connectivity index (χ4v) is 2.64. The second-order valence-corrected chi connectivity index (χ2v) is 5.50. The topological polar surface area (TPSA) is 82.8 Å². The summed E-state index contributed by atoms with van der Waals surface area (Å²) in [7, 11) is 0. The van der Waals surface area contributed by atoms with E-state index >= 15 is 0 Å². The first-order chi connectivity index (χ1) is 10.2. The molecule has 0 amide bonds. The molecule has 4 nitrogen and oxygen atoms in total. The van der Waals surface area contributed by atoms with Gasteiger partial charge in [0.25, 0.3) is 0 Å². The molecule has 2 N–H and O–H groups in total. The zero-order chi connectivity index (χ0) is 15.0. The van der Waals surface area contributed by atoms with E-state index in [0.717, 1.165) is 24.0 Å². The van der Waals surface area contributed by atoms with Crippen LogP contribution in [0, 0.1) is 35.5 Å². The minimum absolute atomic E-state index is 0.129. The van der Waals surface area contributed by atoms with Gasteiger partial charge in [-0.2, -0.15) is 10.5 Å². The van der Waals surface area contributed by atoms with E-state index in [1.54, 1.807) is 0 Å². The van der Waals surface area contributed by atoms with Crippen LogP contribution in [0.4, 0.5) is 0 Å². The van der Waals surface area contributed by atoms with Crippen molar-refractivity contribution in [2.45, 2.75) is 25.7 Å². The van der Waals surface area contributed by atoms with Gasteiger partial charge in [0.05, 0.1) is 17.6 Å². The summed E-state index contributed by atoms with van der Waals surface area (Å²) < 4.78 is 5.58. The smallest absolute Gasteiger partial charge is 0.205 e. The van der Waals surface area contributed by atoms with Crippen LogP contribution in [0.1, 0.15) is 29.9 Å². The molecule has 0 bridgehead atoms. The van der Waals surface area contributed by atoms with Gasteiger partial charge in [0.15, 0.2) is 0 Å². The van der Waals surface area contributed by atoms with E-state index in [1.807, 2.05) is 31.2 Å². The van der Waals surface area contributed by atoms with Crippen molar-refractivity contribution in [1.29, 1.82) is 10.5 Å². The SMILES string of the molecule is Cc1ccc([C@@H]2C(C#N)=C(N)OC(C3CC3)=C2C#N)cc1. The Kier molecular flexibility index (Phi) is 3.16. The molecule has 0 radical (unpaired) electrons. The lowest BCUT2D eigenvalue weighted by atomic mass is 9.83. The van der Waals surface area contributed by atoms with Crippen LogP contribution >= 0.6 is 0 Å². The Hall–Kier alpha value is -2.72. The van der Waals surface area contributed by atoms with Crippen LogP contribution in [0.2, 0.25) is 0 Å². The molecule has 1 fully saturated rings. The van der Waals surface area contributed by atoms with Crippen LogP contribution in [0.15, 0.2) is 47.1 Å². The van der Waals surface area contributed by atoms with Crippen molar-refractivity contribution in [2.75, 3.05) is 0 Å². The zero-order valence-corrected chi connectivity index (χ0v) is 11.8. The van der Waals surface area contributed by atoms with Gasteiger partial charge in [-0.1, -0.05) is 29.8 Å². The van der Waals surface area contributed by atoms with Crippen molar-refractivity contribution < 1.29 is 4.74 Å². The molecule has 1 atom stereocenters. The standard InChI is InChI=1S/C17H15N3O/c1-10-2-4-11(5-3-10)15-13(8-18)16(12-6-7-12)21-17(20)14(15)9-19/h2-5,12,15H,6-7,20H2,1H3/t15-/m0/s1. The number of hydrogen-bond donors (Lipinski definition) is 1. The summed E-state index contributed by atoms with van der Waals surface area (Å²) in [6.07, 6.45) is 2.02. The highest BCUT2D eigenvalue weighted by Gasteiger charge is 2.39. The average molecular weight is 277 g/mol. The summed E-state index contributed by atoms with van der Waals surface area (Å²) in [6, 6.07) is 12.2. The number of aryl methyl sites for hydroxylation is 1. The maximum Gasteiger partial charge on any atom is 0.205 e. The van der Waals surface area contributed by atoms with E-state index in [1.165, 1.54) is 0 Å². The average Bonchev–Trinajstić information content (AvgIpc) is 3.31. The van der Waals surface area contributed by atoms with E-state index in [4.69, 9.17) is 10.5 Å². The van der Waals surface area contributed by atoms with Gasteiger partial charge in [-0.15, -0.1) is 0 Å². The van der Waals surface area contributed by atoms with Gasteiger partial charge in [0, 0.05) is 5.92 Å². The minimum Gasteiger partial charge on any atom is -0.444 e. The highest BCUT2D eigenvalue weighted by atomic mass is 16.5. The minimum atomic E-state index is -0.412. The number of rotatable bonds is 2. The molecule has 0 saturated heterocycles. The lowest BCUT2D eigenvalue weighted by molar-refractivity contribution is 0.260. The maximum atomic E-state index is 9.56. The fraction of sp³-hybridized carbons (Fsp3) is 0.294. The molecule has 0 spiro atoms. The molecule has 104 valence electrons. The highest BCUT2D eigenvalue weighted by molar-refractivity contribution is 5.54. The van der Waals surface area contributed by atoms with Crippen molar-refractivity contribution in [1.82, 2.24) is 0 Å². The van der Waals surface area contributed by atoms with Gasteiger partial charge >= 0.3 is 0 Å². The zero-order valence-electron chi connectivity index (χ0n) is 11.8. The summed E-state index contributed by atoms with van der Waals surface area (Å²) in [4.78, 5) is 0. The molecule has 1 aromatic carbocycles. The fourth-order valence-electron chi connectivity index (χ4n) is 2.64. The molecule has 3 rings (SSSR count). The molecular formula is C17H15N3O. The second-order valence-electron chi connectivity index (χ2n) is 5.50. The van der Waals surface area contributed by atoms with Crippen molar-refractivity contribution in [3.05, 3.63) is 58.2 Å². The third-order valence-corrected chi connectivity index (χ3v) is 3.93. The largest absolute Gasteiger partial charge is 0.444 e. The van der Waals surface area contributed by atoms with E-state index < -0.39 is 5.92 Å². The van der Waals surface area contributed by atoms with Crippen molar-refractivity contribution in [2.24, 2.45) is 11.7 Å². The summed E-state index contributed by atoms with van der Waals surface area (Å²) >= 11 is 0. The van der Waals surface area contributed by atoms with E-state index in [2.05, 4.69) is 12.1 Å². The van der Waals surface area contributed by atoms with Crippen LogP contribution < -0.4 is 5.73 Å². The Labute approximate surface area is 123 Å². The van der Waals surface area contributed by atoms with Crippen LogP contribution in [0.5, 0.6) is 0 Å². The normalized spacial score (nSPS) is 21.6. The van der Waals surface area contributed by atoms with Crippen molar-refractivity contribution in [3.8, 4) is 12.1 Å². The van der Waals surface area contributed by atoms with Crippen molar-refractivity contribution in [3.63, 3.8) is 0 Å². The number of nitrogens with two attached hydrogens (primary N) is 1. The molecule has 0 aromatic heterocycles. The van der Waals surface area contributed by atoms with Gasteiger partial charge in [-0.25, -0.2) is 0 Å². The van der Waals surface area contributed by atoms with Crippen LogP contribution in [-0.2, 0) is 4.74 Å². The van der Waals surface area contributed by atoms with Crippen LogP contribution in [-0.4, -0.2) is 0 Å². The Balaban J connectivity index is 2.15. The number of nitriles is 2. The molecule has 1 saturated carbocycles.